The Balaban J connectivity index is 3.23. The molecule has 0 radical (unpaired) electrons. The third-order valence-electron chi connectivity index (χ3n) is 4.31. The van der Waals surface area contributed by atoms with Gasteiger partial charge in [-0.3, -0.25) is 14.4 Å². The Labute approximate surface area is 201 Å². The number of esters is 3. The van der Waals surface area contributed by atoms with Crippen LogP contribution in [0.3, 0.4) is 0 Å². The molecule has 0 aromatic heterocycles. The van der Waals surface area contributed by atoms with Gasteiger partial charge in [0.05, 0.1) is 11.9 Å². The SMILES string of the molecule is CC(C)(Br)C(=O)OC1CC(OC(=O)C(C)(C)Br)C(C(=O)[O-])C(OC(=O)C(C)(C)Br)C1. The Morgan fingerprint density at radius 3 is 1.27 bits per heavy atom. The molecule has 0 aromatic carbocycles. The summed E-state index contributed by atoms with van der Waals surface area (Å²) in [5, 5.41) is 11.9. The molecular weight excluding hydrogens is 596 g/mol. The van der Waals surface area contributed by atoms with Crippen LogP contribution in [-0.4, -0.2) is 55.2 Å². The highest BCUT2D eigenvalue weighted by atomic mass is 79.9. The molecule has 1 aliphatic rings. The molecule has 1 aliphatic carbocycles. The summed E-state index contributed by atoms with van der Waals surface area (Å²) >= 11 is 9.55. The summed E-state index contributed by atoms with van der Waals surface area (Å²) in [6.45, 7) is 9.36. The van der Waals surface area contributed by atoms with E-state index in [2.05, 4.69) is 47.8 Å². The molecular formula is C19H26Br3O8-. The van der Waals surface area contributed by atoms with Crippen molar-refractivity contribution in [1.82, 2.24) is 0 Å². The molecule has 172 valence electrons. The van der Waals surface area contributed by atoms with E-state index >= 15 is 0 Å². The topological polar surface area (TPSA) is 119 Å². The van der Waals surface area contributed by atoms with Gasteiger partial charge in [0.25, 0.3) is 0 Å². The number of carbonyl (C=O) groups is 4. The number of hydrogen-bond acceptors (Lipinski definition) is 8. The van der Waals surface area contributed by atoms with Gasteiger partial charge in [-0.05, 0) is 41.5 Å². The molecule has 0 amide bonds. The van der Waals surface area contributed by atoms with Crippen LogP contribution in [0.4, 0.5) is 0 Å². The third kappa shape index (κ3) is 7.78. The minimum absolute atomic E-state index is 0.0754. The first kappa shape index (κ1) is 27.4. The van der Waals surface area contributed by atoms with Crippen LogP contribution in [-0.2, 0) is 33.4 Å². The van der Waals surface area contributed by atoms with Crippen LogP contribution in [0.25, 0.3) is 0 Å². The lowest BCUT2D eigenvalue weighted by Gasteiger charge is -2.42. The molecule has 0 bridgehead atoms. The first-order chi connectivity index (χ1) is 13.3. The van der Waals surface area contributed by atoms with E-state index in [4.69, 9.17) is 14.2 Å². The maximum atomic E-state index is 12.4. The first-order valence-corrected chi connectivity index (χ1v) is 11.6. The van der Waals surface area contributed by atoms with Crippen molar-refractivity contribution in [3.8, 4) is 0 Å². The lowest BCUT2D eigenvalue weighted by molar-refractivity contribution is -0.319. The van der Waals surface area contributed by atoms with E-state index in [-0.39, 0.29) is 12.8 Å². The number of rotatable bonds is 7. The highest BCUT2D eigenvalue weighted by Gasteiger charge is 2.47. The number of carboxylic acids is 1. The van der Waals surface area contributed by atoms with Gasteiger partial charge in [0, 0.05) is 12.8 Å². The zero-order valence-corrected chi connectivity index (χ0v) is 22.4. The summed E-state index contributed by atoms with van der Waals surface area (Å²) in [5.41, 5.74) is 0. The lowest BCUT2D eigenvalue weighted by Crippen LogP contribution is -2.56. The molecule has 30 heavy (non-hydrogen) atoms. The number of carboxylic acid groups (broad SMARTS) is 1. The molecule has 2 atom stereocenters. The van der Waals surface area contributed by atoms with E-state index < -0.39 is 61.1 Å². The summed E-state index contributed by atoms with van der Waals surface area (Å²) < 4.78 is 13.2. The van der Waals surface area contributed by atoms with Gasteiger partial charge >= 0.3 is 17.9 Å². The normalized spacial score (nSPS) is 25.2. The van der Waals surface area contributed by atoms with E-state index in [1.807, 2.05) is 0 Å². The summed E-state index contributed by atoms with van der Waals surface area (Å²) in [7, 11) is 0. The van der Waals surface area contributed by atoms with Crippen molar-refractivity contribution < 1.29 is 38.5 Å². The number of hydrogen-bond donors (Lipinski definition) is 0. The van der Waals surface area contributed by atoms with Crippen LogP contribution in [0.5, 0.6) is 0 Å². The quantitative estimate of drug-likeness (QED) is 0.242. The zero-order valence-electron chi connectivity index (χ0n) is 17.6. The van der Waals surface area contributed by atoms with E-state index in [1.54, 1.807) is 41.5 Å². The van der Waals surface area contributed by atoms with Crippen LogP contribution in [0.15, 0.2) is 0 Å². The maximum absolute atomic E-state index is 12.4. The number of halogens is 3. The molecule has 1 rings (SSSR count). The summed E-state index contributed by atoms with van der Waals surface area (Å²) in [6.07, 6.45) is -3.43. The standard InChI is InChI=1S/C19H27Br3O8/c1-17(2,20)14(25)28-9-7-10(29-15(26)18(3,4)21)12(13(23)24)11(8-9)30-16(27)19(5,6)22/h9-12H,7-8H2,1-6H3,(H,23,24)/p-1. The smallest absolute Gasteiger partial charge is 0.322 e. The molecule has 0 N–H and O–H groups in total. The number of ether oxygens (including phenoxy) is 3. The van der Waals surface area contributed by atoms with Gasteiger partial charge in [0.2, 0.25) is 0 Å². The molecule has 0 saturated heterocycles. The predicted molar refractivity (Wildman–Crippen MR) is 116 cm³/mol. The Kier molecular flexibility index (Phi) is 8.98. The highest BCUT2D eigenvalue weighted by Crippen LogP contribution is 2.35. The van der Waals surface area contributed by atoms with Gasteiger partial charge in [-0.15, -0.1) is 0 Å². The average Bonchev–Trinajstić information content (AvgIpc) is 2.51. The molecule has 8 nitrogen and oxygen atoms in total. The molecule has 0 aromatic rings. The molecule has 1 fully saturated rings. The van der Waals surface area contributed by atoms with E-state index in [9.17, 15) is 24.3 Å². The molecule has 2 unspecified atom stereocenters. The Morgan fingerprint density at radius 2 is 1.00 bits per heavy atom. The van der Waals surface area contributed by atoms with Crippen molar-refractivity contribution in [2.24, 2.45) is 5.92 Å². The summed E-state index contributed by atoms with van der Waals surface area (Å²) in [5.74, 6) is -4.96. The molecule has 1 saturated carbocycles. The first-order valence-electron chi connectivity index (χ1n) is 9.25. The van der Waals surface area contributed by atoms with Crippen LogP contribution in [0.1, 0.15) is 54.4 Å². The summed E-state index contributed by atoms with van der Waals surface area (Å²) in [6, 6.07) is 0. The van der Waals surface area contributed by atoms with Crippen molar-refractivity contribution in [2.75, 3.05) is 0 Å². The monoisotopic (exact) mass is 619 g/mol. The van der Waals surface area contributed by atoms with Crippen molar-refractivity contribution in [3.05, 3.63) is 0 Å². The van der Waals surface area contributed by atoms with Gasteiger partial charge in [-0.2, -0.15) is 0 Å². The zero-order chi connectivity index (χ0) is 23.7. The van der Waals surface area contributed by atoms with Crippen LogP contribution >= 0.6 is 47.8 Å². The Bertz CT molecular complexity index is 649. The maximum Gasteiger partial charge on any atom is 0.322 e. The predicted octanol–water partition coefficient (Wildman–Crippen LogP) is 2.40. The molecule has 0 aliphatic heterocycles. The second-order valence-corrected chi connectivity index (χ2v) is 14.6. The number of aliphatic carboxylic acids is 1. The van der Waals surface area contributed by atoms with Crippen molar-refractivity contribution >= 4 is 71.7 Å². The minimum atomic E-state index is -1.53. The van der Waals surface area contributed by atoms with Gasteiger partial charge in [0.15, 0.2) is 0 Å². The fourth-order valence-electron chi connectivity index (χ4n) is 2.64. The second-order valence-electron chi connectivity index (χ2n) is 8.65. The second kappa shape index (κ2) is 9.85. The minimum Gasteiger partial charge on any atom is -0.550 e. The van der Waals surface area contributed by atoms with Crippen molar-refractivity contribution in [2.45, 2.75) is 85.7 Å². The molecule has 11 heteroatoms. The van der Waals surface area contributed by atoms with E-state index in [1.165, 1.54) is 0 Å². The van der Waals surface area contributed by atoms with Crippen LogP contribution in [0, 0.1) is 5.92 Å². The fourth-order valence-corrected chi connectivity index (χ4v) is 2.92. The van der Waals surface area contributed by atoms with Gasteiger partial charge in [0.1, 0.15) is 31.3 Å². The summed E-state index contributed by atoms with van der Waals surface area (Å²) in [4.78, 5) is 48.9. The Hall–Kier alpha value is -0.680. The van der Waals surface area contributed by atoms with Gasteiger partial charge in [-0.25, -0.2) is 0 Å². The van der Waals surface area contributed by atoms with Crippen molar-refractivity contribution in [3.63, 3.8) is 0 Å². The Morgan fingerprint density at radius 1 is 0.700 bits per heavy atom. The average molecular weight is 622 g/mol. The van der Waals surface area contributed by atoms with Crippen molar-refractivity contribution in [1.29, 1.82) is 0 Å². The van der Waals surface area contributed by atoms with Gasteiger partial charge in [-0.1, -0.05) is 47.8 Å². The lowest BCUT2D eigenvalue weighted by atomic mass is 9.81. The van der Waals surface area contributed by atoms with Gasteiger partial charge < -0.3 is 24.1 Å². The fraction of sp³-hybridized carbons (Fsp3) is 0.789. The molecule has 0 spiro atoms. The highest BCUT2D eigenvalue weighted by molar-refractivity contribution is 9.10. The van der Waals surface area contributed by atoms with E-state index in [0.717, 1.165) is 0 Å². The van der Waals surface area contributed by atoms with Crippen LogP contribution in [0.2, 0.25) is 0 Å². The number of carbonyl (C=O) groups excluding carboxylic acids is 4. The third-order valence-corrected chi connectivity index (χ3v) is 5.28. The molecule has 0 heterocycles. The van der Waals surface area contributed by atoms with E-state index in [0.29, 0.717) is 0 Å². The largest absolute Gasteiger partial charge is 0.550 e. The number of alkyl halides is 3. The van der Waals surface area contributed by atoms with Crippen LogP contribution < -0.4 is 5.11 Å².